The van der Waals surface area contributed by atoms with E-state index < -0.39 is 4.92 Å². The molecule has 0 saturated carbocycles. The fourth-order valence-corrected chi connectivity index (χ4v) is 3.29. The number of nitro groups is 1. The Labute approximate surface area is 188 Å². The molecule has 1 amide bonds. The van der Waals surface area contributed by atoms with E-state index in [1.807, 2.05) is 41.9 Å². The molecule has 9 nitrogen and oxygen atoms in total. The molecule has 0 aliphatic rings. The summed E-state index contributed by atoms with van der Waals surface area (Å²) in [6, 6.07) is 16.3. The molecule has 162 valence electrons. The van der Waals surface area contributed by atoms with E-state index in [1.54, 1.807) is 24.3 Å². The maximum atomic E-state index is 12.6. The summed E-state index contributed by atoms with van der Waals surface area (Å²) in [6.45, 7) is 2.86. The minimum absolute atomic E-state index is 0.0632. The van der Waals surface area contributed by atoms with Crippen molar-refractivity contribution in [2.75, 3.05) is 5.32 Å². The number of rotatable bonds is 7. The Kier molecular flexibility index (Phi) is 6.00. The third-order valence-electron chi connectivity index (χ3n) is 4.86. The number of hydrogen-bond donors (Lipinski definition) is 1. The zero-order valence-electron chi connectivity index (χ0n) is 17.1. The minimum Gasteiger partial charge on any atom is -0.305 e. The van der Waals surface area contributed by atoms with Gasteiger partial charge in [-0.2, -0.15) is 10.2 Å². The largest absolute Gasteiger partial charge is 0.307 e. The molecule has 0 spiro atoms. The van der Waals surface area contributed by atoms with Crippen molar-refractivity contribution in [1.82, 2.24) is 19.6 Å². The first-order valence-electron chi connectivity index (χ1n) is 9.73. The molecule has 4 rings (SSSR count). The van der Waals surface area contributed by atoms with Crippen molar-refractivity contribution in [2.24, 2.45) is 0 Å². The first-order chi connectivity index (χ1) is 15.4. The Hall–Kier alpha value is -3.98. The number of halogens is 1. The first kappa shape index (κ1) is 21.3. The van der Waals surface area contributed by atoms with Crippen LogP contribution in [0.15, 0.2) is 67.0 Å². The predicted octanol–water partition coefficient (Wildman–Crippen LogP) is 4.30. The molecule has 4 aromatic rings. The van der Waals surface area contributed by atoms with Crippen LogP contribution in [0.25, 0.3) is 0 Å². The SMILES string of the molecule is Cc1cc(NC(=O)c2ccc(Cn3cc([N+](=O)[O-])cn3)cc2)nn1Cc1ccc(Cl)cc1. The van der Waals surface area contributed by atoms with Gasteiger partial charge in [0, 0.05) is 22.3 Å². The van der Waals surface area contributed by atoms with Gasteiger partial charge in [-0.05, 0) is 42.3 Å². The lowest BCUT2D eigenvalue weighted by Crippen LogP contribution is -2.13. The summed E-state index contributed by atoms with van der Waals surface area (Å²) in [4.78, 5) is 22.9. The van der Waals surface area contributed by atoms with Gasteiger partial charge in [0.15, 0.2) is 5.82 Å². The summed E-state index contributed by atoms with van der Waals surface area (Å²) < 4.78 is 3.29. The van der Waals surface area contributed by atoms with Crippen LogP contribution in [0.3, 0.4) is 0 Å². The van der Waals surface area contributed by atoms with Crippen molar-refractivity contribution < 1.29 is 9.72 Å². The third-order valence-corrected chi connectivity index (χ3v) is 5.11. The molecule has 0 unspecified atom stereocenters. The Morgan fingerprint density at radius 2 is 1.75 bits per heavy atom. The van der Waals surface area contributed by atoms with Gasteiger partial charge in [0.25, 0.3) is 5.91 Å². The molecule has 0 aliphatic heterocycles. The highest BCUT2D eigenvalue weighted by molar-refractivity contribution is 6.30. The molecule has 0 aliphatic carbocycles. The van der Waals surface area contributed by atoms with Gasteiger partial charge in [0.2, 0.25) is 0 Å². The van der Waals surface area contributed by atoms with E-state index in [0.29, 0.717) is 29.5 Å². The van der Waals surface area contributed by atoms with Crippen molar-refractivity contribution in [3.63, 3.8) is 0 Å². The number of nitrogens with one attached hydrogen (secondary N) is 1. The molecule has 0 fully saturated rings. The van der Waals surface area contributed by atoms with Gasteiger partial charge in [0.1, 0.15) is 12.4 Å². The number of aryl methyl sites for hydroxylation is 1. The lowest BCUT2D eigenvalue weighted by molar-refractivity contribution is -0.385. The predicted molar refractivity (Wildman–Crippen MR) is 120 cm³/mol. The van der Waals surface area contributed by atoms with Gasteiger partial charge in [-0.25, -0.2) is 0 Å². The second kappa shape index (κ2) is 9.03. The van der Waals surface area contributed by atoms with E-state index in [-0.39, 0.29) is 11.6 Å². The van der Waals surface area contributed by atoms with Crippen LogP contribution in [0.1, 0.15) is 27.2 Å². The number of carbonyl (C=O) groups excluding carboxylic acids is 1. The first-order valence-corrected chi connectivity index (χ1v) is 10.1. The molecule has 1 N–H and O–H groups in total. The number of hydrogen-bond acceptors (Lipinski definition) is 5. The van der Waals surface area contributed by atoms with Crippen molar-refractivity contribution in [1.29, 1.82) is 0 Å². The van der Waals surface area contributed by atoms with Gasteiger partial charge < -0.3 is 5.32 Å². The average Bonchev–Trinajstić information content (AvgIpc) is 3.37. The van der Waals surface area contributed by atoms with Gasteiger partial charge in [0.05, 0.1) is 18.0 Å². The van der Waals surface area contributed by atoms with Crippen LogP contribution >= 0.6 is 11.6 Å². The Morgan fingerprint density at radius 3 is 2.41 bits per heavy atom. The van der Waals surface area contributed by atoms with Crippen LogP contribution in [-0.2, 0) is 13.1 Å². The molecule has 32 heavy (non-hydrogen) atoms. The maximum absolute atomic E-state index is 12.6. The average molecular weight is 451 g/mol. The number of carbonyl (C=O) groups is 1. The van der Waals surface area contributed by atoms with Crippen LogP contribution in [0, 0.1) is 17.0 Å². The summed E-state index contributed by atoms with van der Waals surface area (Å²) in [5.74, 6) is 0.191. The summed E-state index contributed by atoms with van der Waals surface area (Å²) in [6.07, 6.45) is 2.57. The molecule has 2 aromatic heterocycles. The number of benzene rings is 2. The second-order valence-electron chi connectivity index (χ2n) is 7.26. The van der Waals surface area contributed by atoms with E-state index >= 15 is 0 Å². The zero-order valence-corrected chi connectivity index (χ0v) is 17.9. The monoisotopic (exact) mass is 450 g/mol. The van der Waals surface area contributed by atoms with Crippen molar-refractivity contribution in [3.8, 4) is 0 Å². The lowest BCUT2D eigenvalue weighted by atomic mass is 10.1. The normalized spacial score (nSPS) is 10.8. The van der Waals surface area contributed by atoms with Gasteiger partial charge in [-0.1, -0.05) is 35.9 Å². The Morgan fingerprint density at radius 1 is 1.09 bits per heavy atom. The quantitative estimate of drug-likeness (QED) is 0.333. The number of amides is 1. The van der Waals surface area contributed by atoms with Gasteiger partial charge in [-0.15, -0.1) is 0 Å². The van der Waals surface area contributed by atoms with E-state index in [1.165, 1.54) is 17.1 Å². The van der Waals surface area contributed by atoms with Crippen LogP contribution in [0.2, 0.25) is 5.02 Å². The maximum Gasteiger partial charge on any atom is 0.307 e. The number of aromatic nitrogens is 4. The molecule has 2 heterocycles. The standard InChI is InChI=1S/C22H19ClN6O3/c1-15-10-21(26-28(15)13-17-4-8-19(23)9-5-17)25-22(30)18-6-2-16(3-7-18)12-27-14-20(11-24-27)29(31)32/h2-11,14H,12-13H2,1H3,(H,25,26,30). The third kappa shape index (κ3) is 5.01. The molecule has 0 bridgehead atoms. The highest BCUT2D eigenvalue weighted by atomic mass is 35.5. The summed E-state index contributed by atoms with van der Waals surface area (Å²) in [5, 5.41) is 22.7. The summed E-state index contributed by atoms with van der Waals surface area (Å²) in [7, 11) is 0. The molecule has 0 saturated heterocycles. The molecule has 2 aromatic carbocycles. The van der Waals surface area contributed by atoms with E-state index in [9.17, 15) is 14.9 Å². The summed E-state index contributed by atoms with van der Waals surface area (Å²) >= 11 is 5.93. The van der Waals surface area contributed by atoms with Crippen molar-refractivity contribution in [2.45, 2.75) is 20.0 Å². The van der Waals surface area contributed by atoms with Crippen LogP contribution in [0.4, 0.5) is 11.5 Å². The minimum atomic E-state index is -0.491. The fraction of sp³-hybridized carbons (Fsp3) is 0.136. The van der Waals surface area contributed by atoms with Crippen molar-refractivity contribution in [3.05, 3.63) is 105 Å². The number of anilines is 1. The lowest BCUT2D eigenvalue weighted by Gasteiger charge is -2.06. The second-order valence-corrected chi connectivity index (χ2v) is 7.70. The van der Waals surface area contributed by atoms with Crippen LogP contribution in [0.5, 0.6) is 0 Å². The molecule has 10 heteroatoms. The molecule has 0 radical (unpaired) electrons. The van der Waals surface area contributed by atoms with Crippen molar-refractivity contribution >= 4 is 29.0 Å². The smallest absolute Gasteiger partial charge is 0.305 e. The van der Waals surface area contributed by atoms with Crippen LogP contribution in [-0.4, -0.2) is 30.4 Å². The Balaban J connectivity index is 1.39. The van der Waals surface area contributed by atoms with Gasteiger partial charge in [-0.3, -0.25) is 24.3 Å². The van der Waals surface area contributed by atoms with Crippen LogP contribution < -0.4 is 5.32 Å². The van der Waals surface area contributed by atoms with E-state index in [2.05, 4.69) is 15.5 Å². The topological polar surface area (TPSA) is 108 Å². The van der Waals surface area contributed by atoms with Gasteiger partial charge >= 0.3 is 5.69 Å². The fourth-order valence-electron chi connectivity index (χ4n) is 3.16. The Bertz CT molecular complexity index is 1260. The molecular weight excluding hydrogens is 432 g/mol. The van der Waals surface area contributed by atoms with E-state index in [4.69, 9.17) is 11.6 Å². The molecule has 0 atom stereocenters. The van der Waals surface area contributed by atoms with E-state index in [0.717, 1.165) is 16.8 Å². The number of nitrogens with zero attached hydrogens (tertiary/aromatic N) is 5. The molecular formula is C22H19ClN6O3. The highest BCUT2D eigenvalue weighted by Gasteiger charge is 2.12. The summed E-state index contributed by atoms with van der Waals surface area (Å²) in [5.41, 5.74) is 3.25. The zero-order chi connectivity index (χ0) is 22.7. The highest BCUT2D eigenvalue weighted by Crippen LogP contribution is 2.16.